The van der Waals surface area contributed by atoms with Gasteiger partial charge in [0.15, 0.2) is 5.54 Å². The van der Waals surface area contributed by atoms with Crippen LogP contribution in [0.15, 0.2) is 51.0 Å². The standard InChI is InChI=1S/C19H16N2O4S/c1-11-5-6-13-12(9-16(22)25-14(13)8-11)10-21-17(23)19(2,20-18(21)24)15-4-3-7-26-15/h3-9H,10H2,1-2H3,(H,20,24). The Morgan fingerprint density at radius 1 is 1.19 bits per heavy atom. The van der Waals surface area contributed by atoms with Crippen molar-refractivity contribution in [3.8, 4) is 0 Å². The first-order valence-corrected chi connectivity index (χ1v) is 8.98. The van der Waals surface area contributed by atoms with Crippen molar-refractivity contribution in [2.45, 2.75) is 25.9 Å². The Morgan fingerprint density at radius 2 is 2.00 bits per heavy atom. The highest BCUT2D eigenvalue weighted by Gasteiger charge is 2.49. The Labute approximate surface area is 153 Å². The molecule has 1 aliphatic rings. The van der Waals surface area contributed by atoms with Crippen LogP contribution in [0.3, 0.4) is 0 Å². The quantitative estimate of drug-likeness (QED) is 0.569. The summed E-state index contributed by atoms with van der Waals surface area (Å²) in [5, 5.41) is 5.34. The van der Waals surface area contributed by atoms with E-state index < -0.39 is 17.2 Å². The van der Waals surface area contributed by atoms with Crippen molar-refractivity contribution in [1.82, 2.24) is 10.2 Å². The van der Waals surface area contributed by atoms with Crippen LogP contribution in [-0.4, -0.2) is 16.8 Å². The van der Waals surface area contributed by atoms with Gasteiger partial charge in [0.05, 0.1) is 6.54 Å². The lowest BCUT2D eigenvalue weighted by atomic mass is 10.0. The Bertz CT molecular complexity index is 1090. The van der Waals surface area contributed by atoms with Gasteiger partial charge in [0.2, 0.25) is 0 Å². The number of carbonyl (C=O) groups is 2. The van der Waals surface area contributed by atoms with Crippen LogP contribution in [0.5, 0.6) is 0 Å². The first kappa shape index (κ1) is 16.5. The summed E-state index contributed by atoms with van der Waals surface area (Å²) in [5.41, 5.74) is 0.386. The Morgan fingerprint density at radius 3 is 2.73 bits per heavy atom. The van der Waals surface area contributed by atoms with Crippen molar-refractivity contribution in [2.24, 2.45) is 0 Å². The van der Waals surface area contributed by atoms with Crippen LogP contribution in [0, 0.1) is 6.92 Å². The van der Waals surface area contributed by atoms with Crippen molar-refractivity contribution in [3.63, 3.8) is 0 Å². The second-order valence-electron chi connectivity index (χ2n) is 6.51. The van der Waals surface area contributed by atoms with Gasteiger partial charge in [-0.2, -0.15) is 0 Å². The molecule has 1 fully saturated rings. The number of urea groups is 1. The molecule has 0 spiro atoms. The summed E-state index contributed by atoms with van der Waals surface area (Å²) in [5.74, 6) is -0.335. The summed E-state index contributed by atoms with van der Waals surface area (Å²) in [6.07, 6.45) is 0. The maximum Gasteiger partial charge on any atom is 0.336 e. The van der Waals surface area contributed by atoms with E-state index in [0.717, 1.165) is 15.3 Å². The number of hydrogen-bond acceptors (Lipinski definition) is 5. The Balaban J connectivity index is 1.74. The van der Waals surface area contributed by atoms with Gasteiger partial charge in [-0.15, -0.1) is 11.3 Å². The smallest absolute Gasteiger partial charge is 0.336 e. The number of rotatable bonds is 3. The van der Waals surface area contributed by atoms with Crippen LogP contribution in [0.25, 0.3) is 11.0 Å². The summed E-state index contributed by atoms with van der Waals surface area (Å²) in [7, 11) is 0. The van der Waals surface area contributed by atoms with E-state index in [0.29, 0.717) is 16.5 Å². The lowest BCUT2D eigenvalue weighted by molar-refractivity contribution is -0.131. The first-order chi connectivity index (χ1) is 12.4. The third kappa shape index (κ3) is 2.52. The van der Waals surface area contributed by atoms with Crippen LogP contribution in [0.1, 0.15) is 22.9 Å². The zero-order chi connectivity index (χ0) is 18.5. The molecule has 0 radical (unpaired) electrons. The first-order valence-electron chi connectivity index (χ1n) is 8.10. The minimum Gasteiger partial charge on any atom is -0.423 e. The average molecular weight is 368 g/mol. The Kier molecular flexibility index (Phi) is 3.69. The van der Waals surface area contributed by atoms with Gasteiger partial charge in [-0.05, 0) is 42.5 Å². The van der Waals surface area contributed by atoms with Crippen LogP contribution in [-0.2, 0) is 16.9 Å². The molecule has 0 saturated carbocycles. The van der Waals surface area contributed by atoms with E-state index >= 15 is 0 Å². The summed E-state index contributed by atoms with van der Waals surface area (Å²) >= 11 is 1.41. The number of imide groups is 1. The molecule has 0 aliphatic carbocycles. The van der Waals surface area contributed by atoms with Gasteiger partial charge in [0, 0.05) is 16.3 Å². The van der Waals surface area contributed by atoms with E-state index in [4.69, 9.17) is 4.42 Å². The molecule has 1 atom stereocenters. The number of thiophene rings is 1. The molecule has 3 amide bonds. The maximum absolute atomic E-state index is 13.0. The molecule has 3 aromatic rings. The van der Waals surface area contributed by atoms with Crippen LogP contribution < -0.4 is 10.9 Å². The van der Waals surface area contributed by atoms with E-state index in [1.165, 1.54) is 17.4 Å². The van der Waals surface area contributed by atoms with Gasteiger partial charge in [-0.25, -0.2) is 9.59 Å². The molecule has 132 valence electrons. The third-order valence-electron chi connectivity index (χ3n) is 4.60. The van der Waals surface area contributed by atoms with Crippen LogP contribution >= 0.6 is 11.3 Å². The molecular formula is C19H16N2O4S. The summed E-state index contributed by atoms with van der Waals surface area (Å²) in [4.78, 5) is 39.2. The zero-order valence-corrected chi connectivity index (χ0v) is 15.1. The van der Waals surface area contributed by atoms with E-state index in [9.17, 15) is 14.4 Å². The molecule has 1 unspecified atom stereocenters. The highest BCUT2D eigenvalue weighted by molar-refractivity contribution is 7.10. The monoisotopic (exact) mass is 368 g/mol. The predicted molar refractivity (Wildman–Crippen MR) is 98.0 cm³/mol. The minimum absolute atomic E-state index is 0.0107. The average Bonchev–Trinajstić information content (AvgIpc) is 3.19. The fourth-order valence-electron chi connectivity index (χ4n) is 3.21. The summed E-state index contributed by atoms with van der Waals surface area (Å²) in [6, 6.07) is 10.0. The molecule has 0 bridgehead atoms. The van der Waals surface area contributed by atoms with E-state index in [2.05, 4.69) is 5.32 Å². The molecule has 7 heteroatoms. The van der Waals surface area contributed by atoms with Gasteiger partial charge < -0.3 is 9.73 Å². The number of benzene rings is 1. The molecule has 2 aromatic heterocycles. The summed E-state index contributed by atoms with van der Waals surface area (Å²) in [6.45, 7) is 3.60. The SMILES string of the molecule is Cc1ccc2c(CN3C(=O)NC(C)(c4cccs4)C3=O)cc(=O)oc2c1. The molecule has 1 saturated heterocycles. The van der Waals surface area contributed by atoms with E-state index in [-0.39, 0.29) is 12.5 Å². The molecule has 1 aliphatic heterocycles. The second kappa shape index (κ2) is 5.81. The van der Waals surface area contributed by atoms with E-state index in [1.807, 2.05) is 36.6 Å². The number of nitrogens with zero attached hydrogens (tertiary/aromatic N) is 1. The lowest BCUT2D eigenvalue weighted by Crippen LogP contribution is -2.40. The number of amides is 3. The number of carbonyl (C=O) groups excluding carboxylic acids is 2. The number of nitrogens with one attached hydrogen (secondary N) is 1. The van der Waals surface area contributed by atoms with Crippen molar-refractivity contribution < 1.29 is 14.0 Å². The zero-order valence-electron chi connectivity index (χ0n) is 14.2. The largest absolute Gasteiger partial charge is 0.423 e. The van der Waals surface area contributed by atoms with Crippen molar-refractivity contribution in [1.29, 1.82) is 0 Å². The maximum atomic E-state index is 13.0. The van der Waals surface area contributed by atoms with Gasteiger partial charge in [-0.1, -0.05) is 18.2 Å². The van der Waals surface area contributed by atoms with Gasteiger partial charge in [0.1, 0.15) is 5.58 Å². The summed E-state index contributed by atoms with van der Waals surface area (Å²) < 4.78 is 5.24. The van der Waals surface area contributed by atoms with E-state index in [1.54, 1.807) is 13.0 Å². The molecule has 4 rings (SSSR count). The minimum atomic E-state index is -1.09. The molecule has 1 N–H and O–H groups in total. The predicted octanol–water partition coefficient (Wildman–Crippen LogP) is 3.13. The van der Waals surface area contributed by atoms with Gasteiger partial charge >= 0.3 is 11.7 Å². The topological polar surface area (TPSA) is 79.6 Å². The normalized spacial score (nSPS) is 20.0. The second-order valence-corrected chi connectivity index (χ2v) is 7.46. The van der Waals surface area contributed by atoms with Crippen molar-refractivity contribution in [2.75, 3.05) is 0 Å². The fourth-order valence-corrected chi connectivity index (χ4v) is 4.04. The third-order valence-corrected chi connectivity index (χ3v) is 5.69. The Hall–Kier alpha value is -2.93. The number of hydrogen-bond donors (Lipinski definition) is 1. The highest BCUT2D eigenvalue weighted by Crippen LogP contribution is 2.33. The molecule has 26 heavy (non-hydrogen) atoms. The molecule has 6 nitrogen and oxygen atoms in total. The number of fused-ring (bicyclic) bond motifs is 1. The molecule has 1 aromatic carbocycles. The van der Waals surface area contributed by atoms with Crippen LogP contribution in [0.2, 0.25) is 0 Å². The van der Waals surface area contributed by atoms with Crippen molar-refractivity contribution in [3.05, 3.63) is 68.2 Å². The fraction of sp³-hybridized carbons (Fsp3) is 0.211. The van der Waals surface area contributed by atoms with Crippen molar-refractivity contribution >= 4 is 34.2 Å². The molecule has 3 heterocycles. The van der Waals surface area contributed by atoms with Gasteiger partial charge in [-0.3, -0.25) is 9.69 Å². The van der Waals surface area contributed by atoms with Crippen LogP contribution in [0.4, 0.5) is 4.79 Å². The number of aryl methyl sites for hydroxylation is 1. The molecular weight excluding hydrogens is 352 g/mol. The van der Waals surface area contributed by atoms with Gasteiger partial charge in [0.25, 0.3) is 5.91 Å². The lowest BCUT2D eigenvalue weighted by Gasteiger charge is -2.20. The highest BCUT2D eigenvalue weighted by atomic mass is 32.1.